The van der Waals surface area contributed by atoms with Crippen molar-refractivity contribution in [2.75, 3.05) is 11.4 Å². The van der Waals surface area contributed by atoms with Gasteiger partial charge >= 0.3 is 5.76 Å². The number of oxazole rings is 1. The van der Waals surface area contributed by atoms with Crippen molar-refractivity contribution < 1.29 is 18.4 Å². The van der Waals surface area contributed by atoms with Gasteiger partial charge < -0.3 is 14.6 Å². The molecule has 0 spiro atoms. The van der Waals surface area contributed by atoms with Gasteiger partial charge in [0.25, 0.3) is 0 Å². The monoisotopic (exact) mass is 417 g/mol. The Balaban J connectivity index is 1.37. The average Bonchev–Trinajstić information content (AvgIpc) is 3.19. The van der Waals surface area contributed by atoms with Gasteiger partial charge in [0, 0.05) is 42.7 Å². The van der Waals surface area contributed by atoms with Crippen molar-refractivity contribution in [1.82, 2.24) is 9.88 Å². The van der Waals surface area contributed by atoms with E-state index in [0.29, 0.717) is 28.4 Å². The Kier molecular flexibility index (Phi) is 5.10. The van der Waals surface area contributed by atoms with Crippen LogP contribution in [-0.4, -0.2) is 29.0 Å². The number of fused-ring (bicyclic) bond motifs is 1. The first-order valence-corrected chi connectivity index (χ1v) is 9.43. The zero-order valence-corrected chi connectivity index (χ0v) is 16.0. The quantitative estimate of drug-likeness (QED) is 0.691. The van der Waals surface area contributed by atoms with E-state index in [1.807, 2.05) is 0 Å². The highest BCUT2D eigenvalue weighted by Crippen LogP contribution is 2.22. The molecule has 1 aromatic heterocycles. The number of carbonyl (C=O) groups excluding carboxylic acids is 2. The number of anilines is 1. The minimum Gasteiger partial charge on any atom is -0.408 e. The first-order chi connectivity index (χ1) is 13.9. The lowest BCUT2D eigenvalue weighted by Crippen LogP contribution is -2.37. The molecule has 29 heavy (non-hydrogen) atoms. The number of nitrogens with one attached hydrogen (secondary N) is 1. The zero-order valence-electron chi connectivity index (χ0n) is 15.2. The molecule has 3 aromatic rings. The van der Waals surface area contributed by atoms with Crippen LogP contribution < -0.4 is 16.0 Å². The van der Waals surface area contributed by atoms with Crippen LogP contribution in [0.3, 0.4) is 0 Å². The third kappa shape index (κ3) is 4.02. The largest absolute Gasteiger partial charge is 0.419 e. The average molecular weight is 418 g/mol. The van der Waals surface area contributed by atoms with Gasteiger partial charge in [0.2, 0.25) is 11.8 Å². The summed E-state index contributed by atoms with van der Waals surface area (Å²) in [7, 11) is 0. The van der Waals surface area contributed by atoms with Crippen LogP contribution in [0.1, 0.15) is 12.8 Å². The number of hydrogen-bond acceptors (Lipinski definition) is 4. The Labute approximate surface area is 169 Å². The maximum atomic E-state index is 13.1. The van der Waals surface area contributed by atoms with Gasteiger partial charge in [0.05, 0.1) is 11.6 Å². The molecular weight excluding hydrogens is 401 g/mol. The molecule has 1 saturated heterocycles. The first kappa shape index (κ1) is 19.2. The number of nitrogens with zero attached hydrogens (tertiary/aromatic N) is 2. The van der Waals surface area contributed by atoms with Crippen LogP contribution in [0.4, 0.5) is 10.1 Å². The number of benzene rings is 2. The lowest BCUT2D eigenvalue weighted by molar-refractivity contribution is -0.122. The number of hydrogen-bond donors (Lipinski definition) is 1. The molecule has 0 saturated carbocycles. The van der Waals surface area contributed by atoms with Crippen molar-refractivity contribution in [3.05, 3.63) is 63.9 Å². The molecule has 2 amide bonds. The molecule has 7 nitrogen and oxygen atoms in total. The molecule has 0 aliphatic carbocycles. The second-order valence-electron chi connectivity index (χ2n) is 6.83. The van der Waals surface area contributed by atoms with E-state index in [1.54, 1.807) is 18.2 Å². The fourth-order valence-electron chi connectivity index (χ4n) is 3.44. The van der Waals surface area contributed by atoms with Gasteiger partial charge in [0.1, 0.15) is 5.82 Å². The summed E-state index contributed by atoms with van der Waals surface area (Å²) in [6.45, 7) is 0.449. The van der Waals surface area contributed by atoms with Gasteiger partial charge in [-0.2, -0.15) is 0 Å². The molecule has 1 N–H and O–H groups in total. The Morgan fingerprint density at radius 2 is 1.97 bits per heavy atom. The van der Waals surface area contributed by atoms with Gasteiger partial charge in [-0.25, -0.2) is 9.18 Å². The number of aromatic nitrogens is 1. The summed E-state index contributed by atoms with van der Waals surface area (Å²) in [6.07, 6.45) is 0.217. The van der Waals surface area contributed by atoms with E-state index in [2.05, 4.69) is 5.32 Å². The topological polar surface area (TPSA) is 84.5 Å². The molecule has 9 heteroatoms. The Hall–Kier alpha value is -3.13. The number of aryl methyl sites for hydroxylation is 1. The smallest absolute Gasteiger partial charge is 0.408 e. The SMILES string of the molecule is O=C(CCn1c(=O)oc2cc(Cl)ccc21)NC1CC(=O)N(c2ccc(F)cc2)C1. The van der Waals surface area contributed by atoms with Crippen molar-refractivity contribution in [2.45, 2.75) is 25.4 Å². The van der Waals surface area contributed by atoms with Crippen molar-refractivity contribution in [3.8, 4) is 0 Å². The first-order valence-electron chi connectivity index (χ1n) is 9.05. The van der Waals surface area contributed by atoms with Crippen molar-refractivity contribution >= 4 is 40.2 Å². The summed E-state index contributed by atoms with van der Waals surface area (Å²) >= 11 is 5.89. The Bertz CT molecular complexity index is 1140. The maximum absolute atomic E-state index is 13.1. The van der Waals surface area contributed by atoms with Crippen LogP contribution in [0.15, 0.2) is 51.7 Å². The van der Waals surface area contributed by atoms with E-state index in [1.165, 1.54) is 33.7 Å². The molecule has 4 rings (SSSR count). The van der Waals surface area contributed by atoms with Crippen LogP contribution in [-0.2, 0) is 16.1 Å². The molecule has 2 heterocycles. The fraction of sp³-hybridized carbons (Fsp3) is 0.250. The summed E-state index contributed by atoms with van der Waals surface area (Å²) in [5, 5.41) is 3.27. The summed E-state index contributed by atoms with van der Waals surface area (Å²) in [4.78, 5) is 38.1. The van der Waals surface area contributed by atoms with Crippen LogP contribution in [0, 0.1) is 5.82 Å². The molecular formula is C20H17ClFN3O4. The predicted molar refractivity (Wildman–Crippen MR) is 105 cm³/mol. The summed E-state index contributed by atoms with van der Waals surface area (Å²) in [5.41, 5.74) is 1.51. The number of carbonyl (C=O) groups is 2. The van der Waals surface area contributed by atoms with E-state index in [9.17, 15) is 18.8 Å². The summed E-state index contributed by atoms with van der Waals surface area (Å²) in [5.74, 6) is -1.36. The van der Waals surface area contributed by atoms with Crippen LogP contribution in [0.25, 0.3) is 11.1 Å². The van der Waals surface area contributed by atoms with Gasteiger partial charge in [-0.3, -0.25) is 14.2 Å². The summed E-state index contributed by atoms with van der Waals surface area (Å²) in [6, 6.07) is 10.1. The Morgan fingerprint density at radius 3 is 2.72 bits per heavy atom. The molecule has 2 aromatic carbocycles. The molecule has 0 radical (unpaired) electrons. The molecule has 1 aliphatic heterocycles. The summed E-state index contributed by atoms with van der Waals surface area (Å²) < 4.78 is 19.6. The van der Waals surface area contributed by atoms with Crippen molar-refractivity contribution in [3.63, 3.8) is 0 Å². The second-order valence-corrected chi connectivity index (χ2v) is 7.27. The van der Waals surface area contributed by atoms with E-state index in [-0.39, 0.29) is 43.1 Å². The minimum atomic E-state index is -0.561. The van der Waals surface area contributed by atoms with E-state index >= 15 is 0 Å². The van der Waals surface area contributed by atoms with Crippen LogP contribution in [0.2, 0.25) is 5.02 Å². The third-order valence-corrected chi connectivity index (χ3v) is 5.06. The van der Waals surface area contributed by atoms with E-state index in [0.717, 1.165) is 0 Å². The van der Waals surface area contributed by atoms with Gasteiger partial charge in [-0.05, 0) is 36.4 Å². The molecule has 1 fully saturated rings. The van der Waals surface area contributed by atoms with Crippen molar-refractivity contribution in [2.24, 2.45) is 0 Å². The zero-order chi connectivity index (χ0) is 20.5. The Morgan fingerprint density at radius 1 is 1.21 bits per heavy atom. The molecule has 1 aliphatic rings. The van der Waals surface area contributed by atoms with Gasteiger partial charge in [-0.15, -0.1) is 0 Å². The number of rotatable bonds is 5. The fourth-order valence-corrected chi connectivity index (χ4v) is 3.60. The van der Waals surface area contributed by atoms with Gasteiger partial charge in [0.15, 0.2) is 5.58 Å². The molecule has 0 bridgehead atoms. The third-order valence-electron chi connectivity index (χ3n) is 4.82. The maximum Gasteiger partial charge on any atom is 0.419 e. The van der Waals surface area contributed by atoms with Gasteiger partial charge in [-0.1, -0.05) is 11.6 Å². The minimum absolute atomic E-state index is 0.0540. The lowest BCUT2D eigenvalue weighted by atomic mass is 10.2. The molecule has 150 valence electrons. The second kappa shape index (κ2) is 7.71. The normalized spacial score (nSPS) is 16.6. The van der Waals surface area contributed by atoms with E-state index in [4.69, 9.17) is 16.0 Å². The van der Waals surface area contributed by atoms with Crippen LogP contribution in [0.5, 0.6) is 0 Å². The number of amides is 2. The number of halogens is 2. The highest BCUT2D eigenvalue weighted by molar-refractivity contribution is 6.31. The lowest BCUT2D eigenvalue weighted by Gasteiger charge is -2.17. The molecule has 1 unspecified atom stereocenters. The van der Waals surface area contributed by atoms with E-state index < -0.39 is 5.76 Å². The highest BCUT2D eigenvalue weighted by Gasteiger charge is 2.31. The van der Waals surface area contributed by atoms with Crippen molar-refractivity contribution in [1.29, 1.82) is 0 Å². The highest BCUT2D eigenvalue weighted by atomic mass is 35.5. The standard InChI is InChI=1S/C20H17ClFN3O4/c21-12-1-6-16-17(9-12)29-20(28)24(16)8-7-18(26)23-14-10-19(27)25(11-14)15-4-2-13(22)3-5-15/h1-6,9,14H,7-8,10-11H2,(H,23,26). The van der Waals surface area contributed by atoms with Crippen LogP contribution >= 0.6 is 11.6 Å². The molecule has 1 atom stereocenters. The predicted octanol–water partition coefficient (Wildman–Crippen LogP) is 2.70.